The summed E-state index contributed by atoms with van der Waals surface area (Å²) >= 11 is 12.4. The second-order valence-corrected chi connectivity index (χ2v) is 7.86. The Balaban J connectivity index is 1.35. The van der Waals surface area contributed by atoms with E-state index in [1.807, 2.05) is 36.4 Å². The number of halogens is 2. The van der Waals surface area contributed by atoms with E-state index >= 15 is 0 Å². The number of hydrogen-bond acceptors (Lipinski definition) is 4. The first-order chi connectivity index (χ1) is 14.1. The topological polar surface area (TPSA) is 50.8 Å². The minimum atomic E-state index is 0.0436. The van der Waals surface area contributed by atoms with Crippen LogP contribution in [0.25, 0.3) is 0 Å². The van der Waals surface area contributed by atoms with Gasteiger partial charge in [0, 0.05) is 12.5 Å². The van der Waals surface area contributed by atoms with Gasteiger partial charge in [0.15, 0.2) is 0 Å². The highest BCUT2D eigenvalue weighted by Crippen LogP contribution is 2.28. The molecular weight excluding hydrogens is 411 g/mol. The summed E-state index contributed by atoms with van der Waals surface area (Å²) in [6.45, 7) is 3.41. The van der Waals surface area contributed by atoms with E-state index in [4.69, 9.17) is 32.7 Å². The summed E-state index contributed by atoms with van der Waals surface area (Å²) in [5.41, 5.74) is 1.03. The molecule has 156 valence electrons. The molecule has 0 bridgehead atoms. The van der Waals surface area contributed by atoms with Gasteiger partial charge in [-0.3, -0.25) is 9.69 Å². The van der Waals surface area contributed by atoms with Crippen LogP contribution in [0.3, 0.4) is 0 Å². The van der Waals surface area contributed by atoms with Crippen molar-refractivity contribution in [1.29, 1.82) is 0 Å². The number of nitrogens with zero attached hydrogens (tertiary/aromatic N) is 1. The molecule has 1 fully saturated rings. The molecule has 5 nitrogen and oxygen atoms in total. The summed E-state index contributed by atoms with van der Waals surface area (Å²) in [5.74, 6) is 1.69. The summed E-state index contributed by atoms with van der Waals surface area (Å²) in [4.78, 5) is 14.7. The standard InChI is InChI=1S/C22H26Cl2N2O3/c1-28-18-5-7-19(8-6-18)29-14-11-25-22(27)16-9-12-26(13-10-16)15-17-3-2-4-20(23)21(17)24/h2-8,16H,9-15H2,1H3,(H,25,27). The molecule has 1 saturated heterocycles. The lowest BCUT2D eigenvalue weighted by atomic mass is 9.95. The molecule has 0 radical (unpaired) electrons. The Morgan fingerprint density at radius 3 is 2.48 bits per heavy atom. The van der Waals surface area contributed by atoms with E-state index in [2.05, 4.69) is 10.2 Å². The molecule has 2 aromatic rings. The number of carbonyl (C=O) groups is 1. The van der Waals surface area contributed by atoms with Gasteiger partial charge in [0.05, 0.1) is 23.7 Å². The maximum atomic E-state index is 12.4. The number of hydrogen-bond donors (Lipinski definition) is 1. The minimum Gasteiger partial charge on any atom is -0.497 e. The number of benzene rings is 2. The molecule has 0 unspecified atom stereocenters. The van der Waals surface area contributed by atoms with E-state index in [-0.39, 0.29) is 11.8 Å². The molecule has 0 spiro atoms. The Hall–Kier alpha value is -1.95. The summed E-state index contributed by atoms with van der Waals surface area (Å²) < 4.78 is 10.8. The van der Waals surface area contributed by atoms with Crippen LogP contribution in [0.15, 0.2) is 42.5 Å². The highest BCUT2D eigenvalue weighted by Gasteiger charge is 2.25. The molecule has 0 atom stereocenters. The highest BCUT2D eigenvalue weighted by atomic mass is 35.5. The lowest BCUT2D eigenvalue weighted by Crippen LogP contribution is -2.41. The summed E-state index contributed by atoms with van der Waals surface area (Å²) in [7, 11) is 1.63. The van der Waals surface area contributed by atoms with Gasteiger partial charge in [0.25, 0.3) is 0 Å². The van der Waals surface area contributed by atoms with Crippen LogP contribution in [-0.2, 0) is 11.3 Å². The highest BCUT2D eigenvalue weighted by molar-refractivity contribution is 6.42. The predicted molar refractivity (Wildman–Crippen MR) is 116 cm³/mol. The number of carbonyl (C=O) groups excluding carboxylic acids is 1. The Labute approximate surface area is 181 Å². The first-order valence-corrected chi connectivity index (χ1v) is 10.5. The van der Waals surface area contributed by atoms with Crippen molar-refractivity contribution in [3.8, 4) is 11.5 Å². The van der Waals surface area contributed by atoms with Crippen LogP contribution >= 0.6 is 23.2 Å². The van der Waals surface area contributed by atoms with E-state index < -0.39 is 0 Å². The van der Waals surface area contributed by atoms with Gasteiger partial charge in [-0.15, -0.1) is 0 Å². The monoisotopic (exact) mass is 436 g/mol. The quantitative estimate of drug-likeness (QED) is 0.622. The van der Waals surface area contributed by atoms with Crippen LogP contribution in [0.4, 0.5) is 0 Å². The molecule has 7 heteroatoms. The fourth-order valence-electron chi connectivity index (χ4n) is 3.42. The van der Waals surface area contributed by atoms with Gasteiger partial charge in [-0.05, 0) is 61.8 Å². The number of likely N-dealkylation sites (tertiary alicyclic amines) is 1. The van der Waals surface area contributed by atoms with Crippen molar-refractivity contribution in [3.63, 3.8) is 0 Å². The lowest BCUT2D eigenvalue weighted by Gasteiger charge is -2.31. The maximum absolute atomic E-state index is 12.4. The van der Waals surface area contributed by atoms with Crippen molar-refractivity contribution in [1.82, 2.24) is 10.2 Å². The summed E-state index contributed by atoms with van der Waals surface area (Å²) in [5, 5.41) is 4.18. The van der Waals surface area contributed by atoms with Crippen LogP contribution in [0.1, 0.15) is 18.4 Å². The van der Waals surface area contributed by atoms with Crippen molar-refractivity contribution in [2.45, 2.75) is 19.4 Å². The predicted octanol–water partition coefficient (Wildman–Crippen LogP) is 4.41. The van der Waals surface area contributed by atoms with Crippen LogP contribution in [0.5, 0.6) is 11.5 Å². The SMILES string of the molecule is COc1ccc(OCCNC(=O)C2CCN(Cc3cccc(Cl)c3Cl)CC2)cc1. The fourth-order valence-corrected chi connectivity index (χ4v) is 3.80. The van der Waals surface area contributed by atoms with Crippen molar-refractivity contribution in [2.24, 2.45) is 5.92 Å². The van der Waals surface area contributed by atoms with Crippen molar-refractivity contribution < 1.29 is 14.3 Å². The first-order valence-electron chi connectivity index (χ1n) is 9.76. The van der Waals surface area contributed by atoms with E-state index in [1.54, 1.807) is 13.2 Å². The van der Waals surface area contributed by atoms with Crippen molar-refractivity contribution in [3.05, 3.63) is 58.1 Å². The molecule has 1 aliphatic rings. The molecule has 1 amide bonds. The molecule has 1 heterocycles. The molecule has 3 rings (SSSR count). The Morgan fingerprint density at radius 2 is 1.79 bits per heavy atom. The molecule has 29 heavy (non-hydrogen) atoms. The van der Waals surface area contributed by atoms with Crippen LogP contribution < -0.4 is 14.8 Å². The second kappa shape index (κ2) is 10.7. The lowest BCUT2D eigenvalue weighted by molar-refractivity contribution is -0.126. The third-order valence-electron chi connectivity index (χ3n) is 5.11. The number of amides is 1. The second-order valence-electron chi connectivity index (χ2n) is 7.08. The van der Waals surface area contributed by atoms with E-state index in [1.165, 1.54) is 0 Å². The number of nitrogens with one attached hydrogen (secondary N) is 1. The number of piperidine rings is 1. The third-order valence-corrected chi connectivity index (χ3v) is 5.97. The molecule has 0 aliphatic carbocycles. The Morgan fingerprint density at radius 1 is 1.10 bits per heavy atom. The molecule has 2 aromatic carbocycles. The number of rotatable bonds is 8. The van der Waals surface area contributed by atoms with Gasteiger partial charge in [-0.2, -0.15) is 0 Å². The summed E-state index contributed by atoms with van der Waals surface area (Å²) in [6.07, 6.45) is 1.67. The molecule has 1 N–H and O–H groups in total. The van der Waals surface area contributed by atoms with Crippen LogP contribution in [-0.4, -0.2) is 44.2 Å². The molecular formula is C22H26Cl2N2O3. The smallest absolute Gasteiger partial charge is 0.223 e. The number of ether oxygens (including phenoxy) is 2. The van der Waals surface area contributed by atoms with Crippen molar-refractivity contribution >= 4 is 29.1 Å². The Kier molecular flexibility index (Phi) is 8.04. The zero-order valence-electron chi connectivity index (χ0n) is 16.5. The largest absolute Gasteiger partial charge is 0.497 e. The summed E-state index contributed by atoms with van der Waals surface area (Å²) in [6, 6.07) is 13.1. The van der Waals surface area contributed by atoms with Gasteiger partial charge in [-0.1, -0.05) is 35.3 Å². The average Bonchev–Trinajstić information content (AvgIpc) is 2.75. The average molecular weight is 437 g/mol. The van der Waals surface area contributed by atoms with E-state index in [0.29, 0.717) is 23.2 Å². The molecule has 0 aromatic heterocycles. The minimum absolute atomic E-state index is 0.0436. The normalized spacial score (nSPS) is 15.1. The Bertz CT molecular complexity index is 806. The van der Waals surface area contributed by atoms with Gasteiger partial charge in [0.1, 0.15) is 18.1 Å². The van der Waals surface area contributed by atoms with E-state index in [0.717, 1.165) is 49.5 Å². The zero-order valence-corrected chi connectivity index (χ0v) is 18.0. The number of methoxy groups -OCH3 is 1. The van der Waals surface area contributed by atoms with Crippen LogP contribution in [0, 0.1) is 5.92 Å². The first kappa shape index (κ1) is 21.8. The maximum Gasteiger partial charge on any atom is 0.223 e. The fraction of sp³-hybridized carbons (Fsp3) is 0.409. The van der Waals surface area contributed by atoms with Gasteiger partial charge in [-0.25, -0.2) is 0 Å². The molecule has 0 saturated carbocycles. The van der Waals surface area contributed by atoms with Gasteiger partial charge in [0.2, 0.25) is 5.91 Å². The van der Waals surface area contributed by atoms with Gasteiger partial charge < -0.3 is 14.8 Å². The van der Waals surface area contributed by atoms with E-state index in [9.17, 15) is 4.79 Å². The zero-order chi connectivity index (χ0) is 20.6. The van der Waals surface area contributed by atoms with Gasteiger partial charge >= 0.3 is 0 Å². The third kappa shape index (κ3) is 6.26. The van der Waals surface area contributed by atoms with Crippen molar-refractivity contribution in [2.75, 3.05) is 33.4 Å². The van der Waals surface area contributed by atoms with Crippen LogP contribution in [0.2, 0.25) is 10.0 Å². The molecule has 1 aliphatic heterocycles.